The molecule has 1 saturated heterocycles. The molecule has 1 aliphatic rings. The largest absolute Gasteiger partial charge is 0.438 e. The van der Waals surface area contributed by atoms with Gasteiger partial charge in [0.25, 0.3) is 5.91 Å². The third-order valence-corrected chi connectivity index (χ3v) is 4.41. The number of nitrogens with zero attached hydrogens (tertiary/aromatic N) is 3. The van der Waals surface area contributed by atoms with Gasteiger partial charge in [0.2, 0.25) is 5.76 Å². The van der Waals surface area contributed by atoms with Crippen LogP contribution in [0, 0.1) is 5.92 Å². The summed E-state index contributed by atoms with van der Waals surface area (Å²) in [6, 6.07) is 10.4. The summed E-state index contributed by atoms with van der Waals surface area (Å²) in [6.45, 7) is 1.55. The Bertz CT molecular complexity index is 829. The van der Waals surface area contributed by atoms with Gasteiger partial charge in [-0.2, -0.15) is 0 Å². The maximum atomic E-state index is 12.3. The summed E-state index contributed by atoms with van der Waals surface area (Å²) in [5.41, 5.74) is 2.31. The molecule has 1 aliphatic heterocycles. The van der Waals surface area contributed by atoms with E-state index in [-0.39, 0.29) is 5.91 Å². The van der Waals surface area contributed by atoms with Crippen molar-refractivity contribution in [3.63, 3.8) is 0 Å². The van der Waals surface area contributed by atoms with Gasteiger partial charge in [-0.1, -0.05) is 12.1 Å². The van der Waals surface area contributed by atoms with Gasteiger partial charge in [0.15, 0.2) is 6.39 Å². The lowest BCUT2D eigenvalue weighted by Gasteiger charge is -2.15. The first-order chi connectivity index (χ1) is 11.3. The fourth-order valence-electron chi connectivity index (χ4n) is 3.25. The zero-order chi connectivity index (χ0) is 15.6. The van der Waals surface area contributed by atoms with Crippen molar-refractivity contribution in [1.29, 1.82) is 0 Å². The first-order valence-electron chi connectivity index (χ1n) is 7.81. The third-order valence-electron chi connectivity index (χ3n) is 4.41. The van der Waals surface area contributed by atoms with Crippen LogP contribution in [0.1, 0.15) is 22.5 Å². The van der Waals surface area contributed by atoms with Crippen LogP contribution < -0.4 is 0 Å². The normalized spacial score (nSPS) is 17.7. The molecule has 1 fully saturated rings. The highest BCUT2D eigenvalue weighted by molar-refractivity contribution is 5.91. The molecule has 0 spiro atoms. The number of hydrogen-bond donors (Lipinski definition) is 0. The van der Waals surface area contributed by atoms with Crippen LogP contribution in [-0.4, -0.2) is 33.9 Å². The van der Waals surface area contributed by atoms with Crippen LogP contribution in [-0.2, 0) is 6.42 Å². The van der Waals surface area contributed by atoms with Crippen molar-refractivity contribution in [2.45, 2.75) is 12.8 Å². The molecule has 1 unspecified atom stereocenters. The Morgan fingerprint density at radius 3 is 3.17 bits per heavy atom. The molecule has 0 aliphatic carbocycles. The number of likely N-dealkylation sites (tertiary alicyclic amines) is 1. The average Bonchev–Trinajstić information content (AvgIpc) is 3.26. The third kappa shape index (κ3) is 2.82. The van der Waals surface area contributed by atoms with Crippen molar-refractivity contribution in [2.24, 2.45) is 5.92 Å². The molecule has 1 aromatic carbocycles. The van der Waals surface area contributed by atoms with Gasteiger partial charge in [0.1, 0.15) is 0 Å². The fourth-order valence-corrected chi connectivity index (χ4v) is 3.25. The van der Waals surface area contributed by atoms with E-state index in [9.17, 15) is 4.79 Å². The highest BCUT2D eigenvalue weighted by Gasteiger charge is 2.28. The molecule has 0 N–H and O–H groups in total. The molecule has 2 aromatic heterocycles. The standard InChI is InChI=1S/C18H17N3O2/c22-18(17-10-19-12-23-17)21-7-5-14(11-21)8-13-3-4-16-15(9-13)2-1-6-20-16/h1-4,6,9-10,12,14H,5,7-8,11H2. The number of pyridine rings is 1. The minimum atomic E-state index is -0.0623. The van der Waals surface area contributed by atoms with Crippen molar-refractivity contribution in [2.75, 3.05) is 13.1 Å². The van der Waals surface area contributed by atoms with Gasteiger partial charge >= 0.3 is 0 Å². The predicted octanol–water partition coefficient (Wildman–Crippen LogP) is 2.93. The molecular formula is C18H17N3O2. The fraction of sp³-hybridized carbons (Fsp3) is 0.278. The smallest absolute Gasteiger partial charge is 0.291 e. The van der Waals surface area contributed by atoms with E-state index in [2.05, 4.69) is 34.2 Å². The number of amides is 1. The summed E-state index contributed by atoms with van der Waals surface area (Å²) in [4.78, 5) is 22.3. The maximum absolute atomic E-state index is 12.3. The number of carbonyl (C=O) groups excluding carboxylic acids is 1. The first-order valence-corrected chi connectivity index (χ1v) is 7.81. The van der Waals surface area contributed by atoms with Crippen LogP contribution in [0.3, 0.4) is 0 Å². The second-order valence-electron chi connectivity index (χ2n) is 6.01. The van der Waals surface area contributed by atoms with Gasteiger partial charge in [-0.25, -0.2) is 4.98 Å². The Hall–Kier alpha value is -2.69. The summed E-state index contributed by atoms with van der Waals surface area (Å²) >= 11 is 0. The van der Waals surface area contributed by atoms with E-state index in [1.54, 1.807) is 0 Å². The molecule has 0 saturated carbocycles. The summed E-state index contributed by atoms with van der Waals surface area (Å²) in [5, 5.41) is 1.16. The van der Waals surface area contributed by atoms with E-state index in [1.165, 1.54) is 18.2 Å². The minimum Gasteiger partial charge on any atom is -0.438 e. The van der Waals surface area contributed by atoms with Crippen molar-refractivity contribution in [3.05, 3.63) is 60.4 Å². The second kappa shape index (κ2) is 5.83. The van der Waals surface area contributed by atoms with E-state index in [0.717, 1.165) is 36.8 Å². The minimum absolute atomic E-state index is 0.0623. The lowest BCUT2D eigenvalue weighted by Crippen LogP contribution is -2.28. The van der Waals surface area contributed by atoms with Crippen LogP contribution in [0.25, 0.3) is 10.9 Å². The first kappa shape index (κ1) is 13.9. The van der Waals surface area contributed by atoms with Crippen LogP contribution in [0.2, 0.25) is 0 Å². The van der Waals surface area contributed by atoms with Crippen molar-refractivity contribution in [3.8, 4) is 0 Å². The van der Waals surface area contributed by atoms with E-state index < -0.39 is 0 Å². The average molecular weight is 307 g/mol. The Labute approximate surface area is 134 Å². The number of fused-ring (bicyclic) bond motifs is 1. The van der Waals surface area contributed by atoms with Gasteiger partial charge in [-0.3, -0.25) is 9.78 Å². The van der Waals surface area contributed by atoms with Gasteiger partial charge in [0, 0.05) is 24.7 Å². The highest BCUT2D eigenvalue weighted by atomic mass is 16.3. The molecule has 3 aromatic rings. The Kier molecular flexibility index (Phi) is 3.54. The van der Waals surface area contributed by atoms with Gasteiger partial charge in [-0.15, -0.1) is 0 Å². The number of benzene rings is 1. The van der Waals surface area contributed by atoms with E-state index in [4.69, 9.17) is 4.42 Å². The summed E-state index contributed by atoms with van der Waals surface area (Å²) in [6.07, 6.45) is 6.58. The molecule has 0 bridgehead atoms. The van der Waals surface area contributed by atoms with Crippen LogP contribution in [0.15, 0.2) is 53.5 Å². The van der Waals surface area contributed by atoms with Gasteiger partial charge in [0.05, 0.1) is 11.7 Å². The monoisotopic (exact) mass is 307 g/mol. The lowest BCUT2D eigenvalue weighted by molar-refractivity contribution is 0.0755. The number of rotatable bonds is 3. The quantitative estimate of drug-likeness (QED) is 0.746. The zero-order valence-corrected chi connectivity index (χ0v) is 12.7. The summed E-state index contributed by atoms with van der Waals surface area (Å²) in [5.74, 6) is 0.742. The molecule has 23 heavy (non-hydrogen) atoms. The Morgan fingerprint density at radius 2 is 2.30 bits per heavy atom. The number of oxazole rings is 1. The van der Waals surface area contributed by atoms with Gasteiger partial charge < -0.3 is 9.32 Å². The van der Waals surface area contributed by atoms with E-state index in [0.29, 0.717) is 11.7 Å². The zero-order valence-electron chi connectivity index (χ0n) is 12.7. The Morgan fingerprint density at radius 1 is 1.35 bits per heavy atom. The SMILES string of the molecule is O=C(c1cnco1)N1CCC(Cc2ccc3ncccc3c2)C1. The van der Waals surface area contributed by atoms with Crippen molar-refractivity contribution >= 4 is 16.8 Å². The molecule has 5 nitrogen and oxygen atoms in total. The number of hydrogen-bond acceptors (Lipinski definition) is 4. The van der Waals surface area contributed by atoms with Crippen molar-refractivity contribution in [1.82, 2.24) is 14.9 Å². The van der Waals surface area contributed by atoms with Crippen LogP contribution in [0.5, 0.6) is 0 Å². The molecule has 1 atom stereocenters. The molecule has 3 heterocycles. The predicted molar refractivity (Wildman–Crippen MR) is 86.0 cm³/mol. The van der Waals surface area contributed by atoms with Crippen LogP contribution >= 0.6 is 0 Å². The van der Waals surface area contributed by atoms with E-state index in [1.807, 2.05) is 17.2 Å². The molecule has 4 rings (SSSR count). The summed E-state index contributed by atoms with van der Waals surface area (Å²) < 4.78 is 5.10. The summed E-state index contributed by atoms with van der Waals surface area (Å²) in [7, 11) is 0. The number of carbonyl (C=O) groups is 1. The maximum Gasteiger partial charge on any atom is 0.291 e. The topological polar surface area (TPSA) is 59.2 Å². The number of aromatic nitrogens is 2. The highest BCUT2D eigenvalue weighted by Crippen LogP contribution is 2.24. The Balaban J connectivity index is 1.44. The molecular weight excluding hydrogens is 290 g/mol. The van der Waals surface area contributed by atoms with Gasteiger partial charge in [-0.05, 0) is 42.5 Å². The molecule has 116 valence electrons. The van der Waals surface area contributed by atoms with Crippen LogP contribution in [0.4, 0.5) is 0 Å². The van der Waals surface area contributed by atoms with E-state index >= 15 is 0 Å². The van der Waals surface area contributed by atoms with Crippen molar-refractivity contribution < 1.29 is 9.21 Å². The molecule has 1 amide bonds. The second-order valence-corrected chi connectivity index (χ2v) is 6.01. The molecule has 5 heteroatoms. The lowest BCUT2D eigenvalue weighted by atomic mass is 9.97. The molecule has 0 radical (unpaired) electrons.